The molecule has 2 aromatic heterocycles. The molecule has 94 valence electrons. The van der Waals surface area contributed by atoms with E-state index in [9.17, 15) is 4.79 Å². The number of anilines is 1. The first kappa shape index (κ1) is 10.8. The summed E-state index contributed by atoms with van der Waals surface area (Å²) in [6, 6.07) is 4.01. The van der Waals surface area contributed by atoms with Crippen molar-refractivity contribution in [1.29, 1.82) is 0 Å². The summed E-state index contributed by atoms with van der Waals surface area (Å²) < 4.78 is 0. The quantitative estimate of drug-likeness (QED) is 0.725. The molecule has 3 heterocycles. The number of rotatable bonds is 2. The number of nitrogens with zero attached hydrogens (tertiary/aromatic N) is 3. The van der Waals surface area contributed by atoms with Gasteiger partial charge in [-0.3, -0.25) is 9.89 Å². The van der Waals surface area contributed by atoms with Crippen molar-refractivity contribution in [3.8, 4) is 0 Å². The topological polar surface area (TPSA) is 104 Å². The zero-order valence-corrected chi connectivity index (χ0v) is 9.76. The summed E-state index contributed by atoms with van der Waals surface area (Å²) in [5, 5.41) is 6.24. The van der Waals surface area contributed by atoms with Crippen molar-refractivity contribution in [1.82, 2.24) is 25.1 Å². The molecule has 4 N–H and O–H groups in total. The minimum Gasteiger partial charge on any atom is -0.366 e. The Bertz CT molecular complexity index is 546. The van der Waals surface area contributed by atoms with Gasteiger partial charge in [0.2, 0.25) is 11.8 Å². The van der Waals surface area contributed by atoms with Gasteiger partial charge in [-0.2, -0.15) is 4.98 Å². The fourth-order valence-corrected chi connectivity index (χ4v) is 2.39. The Morgan fingerprint density at radius 1 is 1.56 bits per heavy atom. The van der Waals surface area contributed by atoms with Crippen LogP contribution in [0.4, 0.5) is 5.95 Å². The number of nitrogens with one attached hydrogen (secondary N) is 2. The van der Waals surface area contributed by atoms with Gasteiger partial charge in [-0.25, -0.2) is 0 Å². The van der Waals surface area contributed by atoms with Crippen LogP contribution in [-0.4, -0.2) is 37.5 Å². The van der Waals surface area contributed by atoms with Crippen LogP contribution in [0.1, 0.15) is 35.2 Å². The number of carbonyl (C=O) groups is 1. The minimum atomic E-state index is -0.156. The predicted molar refractivity (Wildman–Crippen MR) is 64.6 cm³/mol. The summed E-state index contributed by atoms with van der Waals surface area (Å²) in [5.41, 5.74) is 6.46. The fourth-order valence-electron chi connectivity index (χ4n) is 2.39. The van der Waals surface area contributed by atoms with Crippen LogP contribution in [0.3, 0.4) is 0 Å². The van der Waals surface area contributed by atoms with Crippen LogP contribution in [0.15, 0.2) is 18.3 Å². The molecular formula is C11H14N6O. The molecule has 1 aliphatic heterocycles. The van der Waals surface area contributed by atoms with E-state index in [0.29, 0.717) is 0 Å². The molecule has 2 aromatic rings. The second-order valence-electron chi connectivity index (χ2n) is 4.32. The number of aromatic amines is 2. The standard InChI is InChI=1S/C11H14N6O/c12-11-14-9(15-16-11)10(18)17-6-2-4-8(17)7-3-1-5-13-7/h1,3,5,8,13H,2,4,6H2,(H3,12,14,15,16). The van der Waals surface area contributed by atoms with Gasteiger partial charge in [-0.15, -0.1) is 5.10 Å². The highest BCUT2D eigenvalue weighted by Gasteiger charge is 2.32. The molecule has 0 aliphatic carbocycles. The van der Waals surface area contributed by atoms with E-state index < -0.39 is 0 Å². The number of hydrogen-bond acceptors (Lipinski definition) is 4. The van der Waals surface area contributed by atoms with Crippen LogP contribution in [0, 0.1) is 0 Å². The van der Waals surface area contributed by atoms with Crippen molar-refractivity contribution in [2.45, 2.75) is 18.9 Å². The molecule has 0 spiro atoms. The molecule has 1 unspecified atom stereocenters. The van der Waals surface area contributed by atoms with E-state index in [0.717, 1.165) is 25.1 Å². The van der Waals surface area contributed by atoms with E-state index in [2.05, 4.69) is 20.2 Å². The Morgan fingerprint density at radius 3 is 3.11 bits per heavy atom. The number of nitrogen functional groups attached to an aromatic ring is 1. The lowest BCUT2D eigenvalue weighted by Gasteiger charge is -2.22. The number of hydrogen-bond donors (Lipinski definition) is 3. The number of H-pyrrole nitrogens is 2. The highest BCUT2D eigenvalue weighted by Crippen LogP contribution is 2.31. The third-order valence-corrected chi connectivity index (χ3v) is 3.20. The lowest BCUT2D eigenvalue weighted by atomic mass is 10.1. The summed E-state index contributed by atoms with van der Waals surface area (Å²) in [7, 11) is 0. The molecule has 0 saturated carbocycles. The summed E-state index contributed by atoms with van der Waals surface area (Å²) >= 11 is 0. The SMILES string of the molecule is Nc1n[nH]c(C(=O)N2CCCC2c2ccc[nH]2)n1. The second-order valence-corrected chi connectivity index (χ2v) is 4.32. The normalized spacial score (nSPS) is 19.3. The van der Waals surface area contributed by atoms with Gasteiger partial charge in [0, 0.05) is 18.4 Å². The maximum absolute atomic E-state index is 12.3. The van der Waals surface area contributed by atoms with Crippen molar-refractivity contribution < 1.29 is 4.79 Å². The van der Waals surface area contributed by atoms with Gasteiger partial charge in [0.25, 0.3) is 5.91 Å². The summed E-state index contributed by atoms with van der Waals surface area (Å²) in [4.78, 5) is 21.1. The van der Waals surface area contributed by atoms with E-state index >= 15 is 0 Å². The van der Waals surface area contributed by atoms with Crippen LogP contribution in [0.5, 0.6) is 0 Å². The maximum atomic E-state index is 12.3. The monoisotopic (exact) mass is 246 g/mol. The lowest BCUT2D eigenvalue weighted by molar-refractivity contribution is 0.0721. The highest BCUT2D eigenvalue weighted by molar-refractivity contribution is 5.91. The van der Waals surface area contributed by atoms with E-state index in [4.69, 9.17) is 5.73 Å². The third kappa shape index (κ3) is 1.73. The molecule has 0 bridgehead atoms. The number of aromatic nitrogens is 4. The molecule has 7 nitrogen and oxygen atoms in total. The van der Waals surface area contributed by atoms with Crippen molar-refractivity contribution >= 4 is 11.9 Å². The molecule has 7 heteroatoms. The van der Waals surface area contributed by atoms with Crippen LogP contribution in [0.2, 0.25) is 0 Å². The van der Waals surface area contributed by atoms with Crippen LogP contribution >= 0.6 is 0 Å². The van der Waals surface area contributed by atoms with Gasteiger partial charge >= 0.3 is 0 Å². The maximum Gasteiger partial charge on any atom is 0.291 e. The molecule has 1 saturated heterocycles. The molecule has 18 heavy (non-hydrogen) atoms. The van der Waals surface area contributed by atoms with Crippen LogP contribution in [-0.2, 0) is 0 Å². The average molecular weight is 246 g/mol. The van der Waals surface area contributed by atoms with Crippen molar-refractivity contribution in [3.63, 3.8) is 0 Å². The Kier molecular flexibility index (Phi) is 2.51. The van der Waals surface area contributed by atoms with E-state index in [1.165, 1.54) is 0 Å². The van der Waals surface area contributed by atoms with Gasteiger partial charge < -0.3 is 15.6 Å². The number of carbonyl (C=O) groups excluding carboxylic acids is 1. The van der Waals surface area contributed by atoms with Gasteiger partial charge in [0.05, 0.1) is 6.04 Å². The van der Waals surface area contributed by atoms with E-state index in [1.54, 1.807) is 4.90 Å². The Labute approximate surface area is 103 Å². The minimum absolute atomic E-state index is 0.0822. The number of nitrogens with two attached hydrogens (primary N) is 1. The van der Waals surface area contributed by atoms with E-state index in [-0.39, 0.29) is 23.7 Å². The van der Waals surface area contributed by atoms with Crippen molar-refractivity contribution in [2.75, 3.05) is 12.3 Å². The molecule has 3 rings (SSSR count). The summed E-state index contributed by atoms with van der Waals surface area (Å²) in [6.07, 6.45) is 3.80. The Hall–Kier alpha value is -2.31. The molecular weight excluding hydrogens is 232 g/mol. The predicted octanol–water partition coefficient (Wildman–Crippen LogP) is 0.692. The van der Waals surface area contributed by atoms with Crippen molar-refractivity contribution in [2.24, 2.45) is 0 Å². The van der Waals surface area contributed by atoms with E-state index in [1.807, 2.05) is 18.3 Å². The van der Waals surface area contributed by atoms with Gasteiger partial charge in [0.1, 0.15) is 0 Å². The fraction of sp³-hybridized carbons (Fsp3) is 0.364. The summed E-state index contributed by atoms with van der Waals surface area (Å²) in [6.45, 7) is 0.725. The largest absolute Gasteiger partial charge is 0.366 e. The lowest BCUT2D eigenvalue weighted by Crippen LogP contribution is -2.31. The highest BCUT2D eigenvalue weighted by atomic mass is 16.2. The van der Waals surface area contributed by atoms with Crippen LogP contribution in [0.25, 0.3) is 0 Å². The van der Waals surface area contributed by atoms with Gasteiger partial charge in [-0.05, 0) is 25.0 Å². The molecule has 1 fully saturated rings. The van der Waals surface area contributed by atoms with Crippen LogP contribution < -0.4 is 5.73 Å². The zero-order valence-electron chi connectivity index (χ0n) is 9.76. The third-order valence-electron chi connectivity index (χ3n) is 3.20. The first-order valence-corrected chi connectivity index (χ1v) is 5.88. The first-order chi connectivity index (χ1) is 8.75. The molecule has 1 atom stereocenters. The zero-order chi connectivity index (χ0) is 12.5. The Balaban J connectivity index is 1.85. The smallest absolute Gasteiger partial charge is 0.291 e. The molecule has 0 aromatic carbocycles. The first-order valence-electron chi connectivity index (χ1n) is 5.88. The second kappa shape index (κ2) is 4.17. The number of likely N-dealkylation sites (tertiary alicyclic amines) is 1. The molecule has 0 radical (unpaired) electrons. The van der Waals surface area contributed by atoms with Crippen molar-refractivity contribution in [3.05, 3.63) is 29.8 Å². The summed E-state index contributed by atoms with van der Waals surface area (Å²) in [5.74, 6) is 0.135. The van der Waals surface area contributed by atoms with Gasteiger partial charge in [-0.1, -0.05) is 0 Å². The molecule has 1 amide bonds. The molecule has 1 aliphatic rings. The Morgan fingerprint density at radius 2 is 2.44 bits per heavy atom. The average Bonchev–Trinajstić information content (AvgIpc) is 3.08. The number of amides is 1. The van der Waals surface area contributed by atoms with Gasteiger partial charge in [0.15, 0.2) is 0 Å².